The molecule has 1 aromatic heterocycles. The van der Waals surface area contributed by atoms with Crippen molar-refractivity contribution in [3.05, 3.63) is 82.8 Å². The van der Waals surface area contributed by atoms with Gasteiger partial charge in [-0.2, -0.15) is 5.26 Å². The van der Waals surface area contributed by atoms with E-state index >= 15 is 4.39 Å². The smallest absolute Gasteiger partial charge is 0.343 e. The van der Waals surface area contributed by atoms with Crippen LogP contribution in [0.1, 0.15) is 51.1 Å². The first-order valence-corrected chi connectivity index (χ1v) is 11.4. The van der Waals surface area contributed by atoms with Gasteiger partial charge >= 0.3 is 12.0 Å². The van der Waals surface area contributed by atoms with E-state index in [1.807, 2.05) is 31.1 Å². The maximum Gasteiger partial charge on any atom is 0.343 e. The highest BCUT2D eigenvalue weighted by atomic mass is 19.1. The van der Waals surface area contributed by atoms with Crippen molar-refractivity contribution < 1.29 is 23.5 Å². The number of pyridine rings is 1. The lowest BCUT2D eigenvalue weighted by molar-refractivity contribution is 0.0730. The monoisotopic (exact) mass is 501 g/mol. The highest BCUT2D eigenvalue weighted by molar-refractivity contribution is 6.00. The number of halogens is 1. The molecule has 9 nitrogen and oxygen atoms in total. The van der Waals surface area contributed by atoms with Crippen molar-refractivity contribution in [2.45, 2.75) is 25.3 Å². The van der Waals surface area contributed by atoms with Crippen molar-refractivity contribution in [2.24, 2.45) is 0 Å². The van der Waals surface area contributed by atoms with Crippen LogP contribution in [0.25, 0.3) is 0 Å². The summed E-state index contributed by atoms with van der Waals surface area (Å²) in [5, 5.41) is 14.1. The second-order valence-electron chi connectivity index (χ2n) is 8.82. The molecule has 10 heteroatoms. The van der Waals surface area contributed by atoms with Crippen LogP contribution < -0.4 is 20.3 Å². The molecule has 3 aromatic rings. The highest BCUT2D eigenvalue weighted by Gasteiger charge is 2.44. The standard InChI is InChI=1S/C27H24FN5O4/c1-15(34)19-8-9-21(28)24(25(19)37-26(35)17-5-4-6-18(11-17)33(2)3)20-12-22(20)31-27(36)32-23-10-7-16(13-29)14-30-23/h4-11,14,20,22H,12H2,1-3H3,(H2,30,31,32,36). The Labute approximate surface area is 212 Å². The lowest BCUT2D eigenvalue weighted by atomic mass is 10.0. The van der Waals surface area contributed by atoms with E-state index in [4.69, 9.17) is 10.00 Å². The number of hydrogen-bond acceptors (Lipinski definition) is 7. The number of urea groups is 1. The van der Waals surface area contributed by atoms with Crippen LogP contribution in [-0.2, 0) is 0 Å². The average molecular weight is 502 g/mol. The van der Waals surface area contributed by atoms with Crippen molar-refractivity contribution in [3.8, 4) is 11.8 Å². The van der Waals surface area contributed by atoms with E-state index < -0.39 is 29.8 Å². The number of ether oxygens (including phenoxy) is 1. The molecule has 0 radical (unpaired) electrons. The SMILES string of the molecule is CC(=O)c1ccc(F)c(C2CC2NC(=O)Nc2ccc(C#N)cn2)c1OC(=O)c1cccc(N(C)C)c1. The Bertz CT molecular complexity index is 1420. The number of benzene rings is 2. The number of carbonyl (C=O) groups excluding carboxylic acids is 3. The number of nitrogens with zero attached hydrogens (tertiary/aromatic N) is 3. The minimum absolute atomic E-state index is 0.0617. The van der Waals surface area contributed by atoms with E-state index in [-0.39, 0.29) is 34.0 Å². The largest absolute Gasteiger partial charge is 0.422 e. The Hall–Kier alpha value is -4.78. The fraction of sp³-hybridized carbons (Fsp3) is 0.222. The number of ketones is 1. The quantitative estimate of drug-likeness (QED) is 0.282. The van der Waals surface area contributed by atoms with Gasteiger partial charge in [0.25, 0.3) is 0 Å². The summed E-state index contributed by atoms with van der Waals surface area (Å²) in [7, 11) is 3.66. The van der Waals surface area contributed by atoms with Gasteiger partial charge in [0.15, 0.2) is 5.78 Å². The molecule has 0 spiro atoms. The number of nitriles is 1. The Morgan fingerprint density at radius 3 is 2.59 bits per heavy atom. The summed E-state index contributed by atoms with van der Waals surface area (Å²) >= 11 is 0. The third kappa shape index (κ3) is 5.73. The Kier molecular flexibility index (Phi) is 7.15. The van der Waals surface area contributed by atoms with Crippen LogP contribution >= 0.6 is 0 Å². The molecular formula is C27H24FN5O4. The Morgan fingerprint density at radius 2 is 1.95 bits per heavy atom. The summed E-state index contributed by atoms with van der Waals surface area (Å²) in [5.41, 5.74) is 1.51. The van der Waals surface area contributed by atoms with Gasteiger partial charge in [-0.3, -0.25) is 10.1 Å². The second kappa shape index (κ2) is 10.5. The lowest BCUT2D eigenvalue weighted by Crippen LogP contribution is -2.31. The molecule has 2 aromatic carbocycles. The summed E-state index contributed by atoms with van der Waals surface area (Å²) in [6.07, 6.45) is 1.71. The molecule has 1 aliphatic carbocycles. The first-order chi connectivity index (χ1) is 17.7. The molecule has 0 saturated heterocycles. The zero-order valence-electron chi connectivity index (χ0n) is 20.4. The van der Waals surface area contributed by atoms with Crippen molar-refractivity contribution >= 4 is 29.3 Å². The maximum absolute atomic E-state index is 15.1. The number of amides is 2. The third-order valence-corrected chi connectivity index (χ3v) is 5.93. The van der Waals surface area contributed by atoms with Gasteiger partial charge in [0.2, 0.25) is 0 Å². The van der Waals surface area contributed by atoms with Gasteiger partial charge in [0.1, 0.15) is 23.5 Å². The van der Waals surface area contributed by atoms with Crippen molar-refractivity contribution in [3.63, 3.8) is 0 Å². The van der Waals surface area contributed by atoms with Crippen LogP contribution in [-0.4, -0.2) is 42.9 Å². The molecule has 1 saturated carbocycles. The number of esters is 1. The molecule has 1 aliphatic rings. The van der Waals surface area contributed by atoms with E-state index in [9.17, 15) is 14.4 Å². The number of aromatic nitrogens is 1. The van der Waals surface area contributed by atoms with Crippen LogP contribution in [0.15, 0.2) is 54.7 Å². The van der Waals surface area contributed by atoms with Crippen molar-refractivity contribution in [1.29, 1.82) is 5.26 Å². The van der Waals surface area contributed by atoms with Gasteiger partial charge in [-0.15, -0.1) is 0 Å². The first-order valence-electron chi connectivity index (χ1n) is 11.4. The molecule has 0 aliphatic heterocycles. The number of carbonyl (C=O) groups is 3. The predicted octanol–water partition coefficient (Wildman–Crippen LogP) is 4.26. The molecule has 1 heterocycles. The minimum atomic E-state index is -0.729. The van der Waals surface area contributed by atoms with E-state index in [2.05, 4.69) is 15.6 Å². The Morgan fingerprint density at radius 1 is 1.16 bits per heavy atom. The van der Waals surface area contributed by atoms with Gasteiger partial charge in [-0.1, -0.05) is 6.07 Å². The molecule has 2 amide bonds. The normalized spacial score (nSPS) is 15.8. The predicted molar refractivity (Wildman–Crippen MR) is 134 cm³/mol. The van der Waals surface area contributed by atoms with E-state index in [0.29, 0.717) is 12.0 Å². The Balaban J connectivity index is 1.54. The highest BCUT2D eigenvalue weighted by Crippen LogP contribution is 2.47. The van der Waals surface area contributed by atoms with Crippen molar-refractivity contribution in [2.75, 3.05) is 24.3 Å². The molecule has 2 unspecified atom stereocenters. The summed E-state index contributed by atoms with van der Waals surface area (Å²) in [6, 6.07) is 13.1. The number of anilines is 2. The first kappa shape index (κ1) is 25.3. The van der Waals surface area contributed by atoms with Gasteiger partial charge in [-0.05, 0) is 55.8 Å². The lowest BCUT2D eigenvalue weighted by Gasteiger charge is -2.16. The van der Waals surface area contributed by atoms with Crippen LogP contribution in [0.3, 0.4) is 0 Å². The minimum Gasteiger partial charge on any atom is -0.422 e. The maximum atomic E-state index is 15.1. The summed E-state index contributed by atoms with van der Waals surface area (Å²) in [4.78, 5) is 43.5. The third-order valence-electron chi connectivity index (χ3n) is 5.93. The van der Waals surface area contributed by atoms with Crippen molar-refractivity contribution in [1.82, 2.24) is 10.3 Å². The molecule has 4 rings (SSSR count). The van der Waals surface area contributed by atoms with E-state index in [1.54, 1.807) is 18.2 Å². The zero-order valence-corrected chi connectivity index (χ0v) is 20.4. The number of hydrogen-bond donors (Lipinski definition) is 2. The summed E-state index contributed by atoms with van der Waals surface area (Å²) < 4.78 is 20.7. The molecule has 37 heavy (non-hydrogen) atoms. The fourth-order valence-electron chi connectivity index (χ4n) is 3.90. The molecular weight excluding hydrogens is 477 g/mol. The molecule has 2 N–H and O–H groups in total. The number of rotatable bonds is 7. The van der Waals surface area contributed by atoms with Gasteiger partial charge in [0.05, 0.1) is 16.7 Å². The summed E-state index contributed by atoms with van der Waals surface area (Å²) in [6.45, 7) is 1.31. The van der Waals surface area contributed by atoms with Gasteiger partial charge in [-0.25, -0.2) is 19.0 Å². The molecule has 188 valence electrons. The summed E-state index contributed by atoms with van der Waals surface area (Å²) in [5.74, 6) is -2.16. The molecule has 1 fully saturated rings. The van der Waals surface area contributed by atoms with E-state index in [1.165, 1.54) is 31.3 Å². The van der Waals surface area contributed by atoms with E-state index in [0.717, 1.165) is 11.8 Å². The van der Waals surface area contributed by atoms with Crippen LogP contribution in [0.5, 0.6) is 5.75 Å². The molecule has 0 bridgehead atoms. The number of nitrogens with one attached hydrogen (secondary N) is 2. The topological polar surface area (TPSA) is 124 Å². The second-order valence-corrected chi connectivity index (χ2v) is 8.82. The average Bonchev–Trinajstić information content (AvgIpc) is 3.62. The van der Waals surface area contributed by atoms with Crippen LogP contribution in [0.2, 0.25) is 0 Å². The van der Waals surface area contributed by atoms with Crippen LogP contribution in [0.4, 0.5) is 20.7 Å². The molecule has 2 atom stereocenters. The number of Topliss-reactive ketones (excluding diaryl/α,β-unsaturated/α-hetero) is 1. The van der Waals surface area contributed by atoms with Crippen LogP contribution in [0, 0.1) is 17.1 Å². The zero-order chi connectivity index (χ0) is 26.7. The fourth-order valence-corrected chi connectivity index (χ4v) is 3.90. The van der Waals surface area contributed by atoms with Gasteiger partial charge in [0, 0.05) is 43.5 Å². The van der Waals surface area contributed by atoms with Gasteiger partial charge < -0.3 is 15.0 Å².